The number of ether oxygens (including phenoxy) is 2. The lowest BCUT2D eigenvalue weighted by Gasteiger charge is -2.21. The molecule has 3 rings (SSSR count). The third-order valence-corrected chi connectivity index (χ3v) is 3.29. The average Bonchev–Trinajstić information content (AvgIpc) is 2.85. The molecule has 0 unspecified atom stereocenters. The summed E-state index contributed by atoms with van der Waals surface area (Å²) in [4.78, 5) is 2.04. The summed E-state index contributed by atoms with van der Waals surface area (Å²) in [6, 6.07) is 11.9. The second kappa shape index (κ2) is 4.39. The van der Waals surface area contributed by atoms with Crippen LogP contribution in [0.15, 0.2) is 36.4 Å². The minimum absolute atomic E-state index is 0.287. The van der Waals surface area contributed by atoms with E-state index in [2.05, 4.69) is 6.07 Å². The molecular weight excluding hydrogens is 240 g/mol. The predicted octanol–water partition coefficient (Wildman–Crippen LogP) is 3.07. The summed E-state index contributed by atoms with van der Waals surface area (Å²) < 4.78 is 10.7. The molecule has 2 N–H and O–H groups in total. The molecule has 1 heterocycles. The molecule has 0 fully saturated rings. The Morgan fingerprint density at radius 3 is 2.63 bits per heavy atom. The number of aryl methyl sites for hydroxylation is 1. The molecule has 1 aliphatic heterocycles. The first-order valence-electron chi connectivity index (χ1n) is 6.14. The van der Waals surface area contributed by atoms with E-state index in [0.717, 1.165) is 34.1 Å². The Hall–Kier alpha value is -2.36. The molecule has 2 aromatic carbocycles. The van der Waals surface area contributed by atoms with Crippen LogP contribution in [0.5, 0.6) is 11.5 Å². The highest BCUT2D eigenvalue weighted by atomic mass is 16.7. The molecule has 0 bridgehead atoms. The summed E-state index contributed by atoms with van der Waals surface area (Å²) >= 11 is 0. The van der Waals surface area contributed by atoms with Crippen LogP contribution in [0.4, 0.5) is 17.1 Å². The van der Waals surface area contributed by atoms with Crippen molar-refractivity contribution in [1.82, 2.24) is 0 Å². The number of hydrogen-bond acceptors (Lipinski definition) is 4. The predicted molar refractivity (Wildman–Crippen MR) is 76.2 cm³/mol. The van der Waals surface area contributed by atoms with Crippen LogP contribution in [0.2, 0.25) is 0 Å². The maximum absolute atomic E-state index is 6.07. The fourth-order valence-corrected chi connectivity index (χ4v) is 2.21. The quantitative estimate of drug-likeness (QED) is 0.839. The molecule has 0 aliphatic carbocycles. The Balaban J connectivity index is 1.97. The lowest BCUT2D eigenvalue weighted by atomic mass is 10.1. The monoisotopic (exact) mass is 256 g/mol. The van der Waals surface area contributed by atoms with Gasteiger partial charge in [-0.25, -0.2) is 0 Å². The van der Waals surface area contributed by atoms with Gasteiger partial charge < -0.3 is 20.1 Å². The molecule has 4 heteroatoms. The normalized spacial score (nSPS) is 12.5. The van der Waals surface area contributed by atoms with Crippen molar-refractivity contribution in [2.75, 3.05) is 24.5 Å². The van der Waals surface area contributed by atoms with Gasteiger partial charge in [0.05, 0.1) is 11.4 Å². The lowest BCUT2D eigenvalue weighted by Crippen LogP contribution is -2.11. The molecule has 0 spiro atoms. The molecule has 19 heavy (non-hydrogen) atoms. The fraction of sp³-hybridized carbons (Fsp3) is 0.200. The SMILES string of the molecule is Cc1ccc(N(C)c2ccc3c(c2)OCO3)c(N)c1. The van der Waals surface area contributed by atoms with Crippen molar-refractivity contribution >= 4 is 17.1 Å². The second-order valence-corrected chi connectivity index (χ2v) is 4.66. The van der Waals surface area contributed by atoms with Crippen molar-refractivity contribution in [2.45, 2.75) is 6.92 Å². The van der Waals surface area contributed by atoms with Gasteiger partial charge in [0.2, 0.25) is 6.79 Å². The third kappa shape index (κ3) is 2.05. The number of nitrogen functional groups attached to an aromatic ring is 1. The van der Waals surface area contributed by atoms with E-state index in [9.17, 15) is 0 Å². The van der Waals surface area contributed by atoms with Crippen LogP contribution in [0.3, 0.4) is 0 Å². The number of fused-ring (bicyclic) bond motifs is 1. The van der Waals surface area contributed by atoms with E-state index in [1.807, 2.05) is 49.2 Å². The van der Waals surface area contributed by atoms with Crippen molar-refractivity contribution in [1.29, 1.82) is 0 Å². The van der Waals surface area contributed by atoms with Crippen molar-refractivity contribution in [3.05, 3.63) is 42.0 Å². The van der Waals surface area contributed by atoms with E-state index in [-0.39, 0.29) is 6.79 Å². The number of nitrogens with two attached hydrogens (primary N) is 1. The van der Waals surface area contributed by atoms with Crippen molar-refractivity contribution < 1.29 is 9.47 Å². The molecule has 1 aliphatic rings. The molecule has 2 aromatic rings. The van der Waals surface area contributed by atoms with E-state index in [4.69, 9.17) is 15.2 Å². The molecular formula is C15H16N2O2. The van der Waals surface area contributed by atoms with Crippen LogP contribution < -0.4 is 20.1 Å². The smallest absolute Gasteiger partial charge is 0.231 e. The van der Waals surface area contributed by atoms with Crippen molar-refractivity contribution in [3.63, 3.8) is 0 Å². The summed E-state index contributed by atoms with van der Waals surface area (Å²) in [5, 5.41) is 0. The molecule has 0 radical (unpaired) electrons. The highest BCUT2D eigenvalue weighted by molar-refractivity contribution is 5.76. The first-order valence-corrected chi connectivity index (χ1v) is 6.14. The van der Waals surface area contributed by atoms with Crippen LogP contribution >= 0.6 is 0 Å². The average molecular weight is 256 g/mol. The number of nitrogens with zero attached hydrogens (tertiary/aromatic N) is 1. The van der Waals surface area contributed by atoms with E-state index in [0.29, 0.717) is 0 Å². The Kier molecular flexibility index (Phi) is 2.71. The van der Waals surface area contributed by atoms with E-state index < -0.39 is 0 Å². The molecule has 0 aromatic heterocycles. The van der Waals surface area contributed by atoms with Gasteiger partial charge in [0, 0.05) is 18.8 Å². The molecule has 0 saturated heterocycles. The summed E-state index contributed by atoms with van der Waals surface area (Å²) in [7, 11) is 1.98. The number of rotatable bonds is 2. The minimum Gasteiger partial charge on any atom is -0.454 e. The van der Waals surface area contributed by atoms with E-state index in [1.165, 1.54) is 0 Å². The zero-order valence-electron chi connectivity index (χ0n) is 11.0. The molecule has 4 nitrogen and oxygen atoms in total. The highest BCUT2D eigenvalue weighted by Gasteiger charge is 2.16. The van der Waals surface area contributed by atoms with Crippen LogP contribution in [-0.2, 0) is 0 Å². The number of anilines is 3. The first-order chi connectivity index (χ1) is 9.15. The van der Waals surface area contributed by atoms with Crippen LogP contribution in [0.25, 0.3) is 0 Å². The van der Waals surface area contributed by atoms with Gasteiger partial charge in [-0.1, -0.05) is 6.07 Å². The van der Waals surface area contributed by atoms with Crippen LogP contribution in [0.1, 0.15) is 5.56 Å². The van der Waals surface area contributed by atoms with Gasteiger partial charge in [-0.2, -0.15) is 0 Å². The van der Waals surface area contributed by atoms with Gasteiger partial charge in [0.1, 0.15) is 0 Å². The maximum atomic E-state index is 6.07. The molecule has 0 saturated carbocycles. The summed E-state index contributed by atoms with van der Waals surface area (Å²) in [6.45, 7) is 2.32. The fourth-order valence-electron chi connectivity index (χ4n) is 2.21. The largest absolute Gasteiger partial charge is 0.454 e. The molecule has 98 valence electrons. The molecule has 0 amide bonds. The highest BCUT2D eigenvalue weighted by Crippen LogP contribution is 2.38. The second-order valence-electron chi connectivity index (χ2n) is 4.66. The topological polar surface area (TPSA) is 47.7 Å². The number of hydrogen-bond donors (Lipinski definition) is 1. The van der Waals surface area contributed by atoms with Gasteiger partial charge in [-0.3, -0.25) is 0 Å². The molecule has 0 atom stereocenters. The Bertz CT molecular complexity index is 626. The van der Waals surface area contributed by atoms with Gasteiger partial charge >= 0.3 is 0 Å². The minimum atomic E-state index is 0.287. The van der Waals surface area contributed by atoms with Crippen molar-refractivity contribution in [3.8, 4) is 11.5 Å². The van der Waals surface area contributed by atoms with Gasteiger partial charge in [-0.05, 0) is 36.8 Å². The van der Waals surface area contributed by atoms with Gasteiger partial charge in [-0.15, -0.1) is 0 Å². The summed E-state index contributed by atoms with van der Waals surface area (Å²) in [5.74, 6) is 1.56. The standard InChI is InChI=1S/C15H16N2O2/c1-10-3-5-13(12(16)7-10)17(2)11-4-6-14-15(8-11)19-9-18-14/h3-8H,9,16H2,1-2H3. The van der Waals surface area contributed by atoms with Crippen molar-refractivity contribution in [2.24, 2.45) is 0 Å². The number of benzene rings is 2. The Morgan fingerprint density at radius 2 is 1.84 bits per heavy atom. The van der Waals surface area contributed by atoms with Crippen LogP contribution in [0, 0.1) is 6.92 Å². The Labute approximate surface area is 112 Å². The zero-order chi connectivity index (χ0) is 13.4. The first kappa shape index (κ1) is 11.7. The third-order valence-electron chi connectivity index (χ3n) is 3.29. The van der Waals surface area contributed by atoms with Crippen LogP contribution in [-0.4, -0.2) is 13.8 Å². The zero-order valence-corrected chi connectivity index (χ0v) is 11.0. The summed E-state index contributed by atoms with van der Waals surface area (Å²) in [6.07, 6.45) is 0. The van der Waals surface area contributed by atoms with E-state index in [1.54, 1.807) is 0 Å². The maximum Gasteiger partial charge on any atom is 0.231 e. The van der Waals surface area contributed by atoms with Gasteiger partial charge in [0.25, 0.3) is 0 Å². The van der Waals surface area contributed by atoms with E-state index >= 15 is 0 Å². The summed E-state index contributed by atoms with van der Waals surface area (Å²) in [5.41, 5.74) is 9.98. The lowest BCUT2D eigenvalue weighted by molar-refractivity contribution is 0.174. The van der Waals surface area contributed by atoms with Gasteiger partial charge in [0.15, 0.2) is 11.5 Å². The Morgan fingerprint density at radius 1 is 1.05 bits per heavy atom.